The number of aryl methyl sites for hydroxylation is 1. The highest BCUT2D eigenvalue weighted by Gasteiger charge is 2.48. The highest BCUT2D eigenvalue weighted by Crippen LogP contribution is 2.42. The number of para-hydroxylation sites is 1. The van der Waals surface area contributed by atoms with Crippen molar-refractivity contribution in [3.8, 4) is 0 Å². The molecule has 2 aliphatic rings. The summed E-state index contributed by atoms with van der Waals surface area (Å²) in [6.07, 6.45) is 1.52. The van der Waals surface area contributed by atoms with Crippen molar-refractivity contribution in [3.63, 3.8) is 0 Å². The Morgan fingerprint density at radius 3 is 2.50 bits per heavy atom. The zero-order chi connectivity index (χ0) is 21.0. The number of rotatable bonds is 3. The number of aromatic nitrogens is 1. The molecule has 2 aromatic carbocycles. The molecule has 1 aromatic heterocycles. The minimum atomic E-state index is -0.462. The summed E-state index contributed by atoms with van der Waals surface area (Å²) in [7, 11) is 0. The third kappa shape index (κ3) is 2.76. The number of nitrogens with one attached hydrogen (secondary N) is 1. The van der Waals surface area contributed by atoms with Gasteiger partial charge in [0.2, 0.25) is 11.8 Å². The second-order valence-electron chi connectivity index (χ2n) is 8.64. The molecule has 0 aliphatic carbocycles. The van der Waals surface area contributed by atoms with Gasteiger partial charge in [0.25, 0.3) is 0 Å². The molecule has 0 saturated carbocycles. The highest BCUT2D eigenvalue weighted by molar-refractivity contribution is 5.97. The van der Waals surface area contributed by atoms with Crippen molar-refractivity contribution in [1.29, 1.82) is 0 Å². The first-order valence-corrected chi connectivity index (χ1v) is 10.8. The van der Waals surface area contributed by atoms with Gasteiger partial charge in [-0.1, -0.05) is 49.4 Å². The van der Waals surface area contributed by atoms with Crippen LogP contribution in [0, 0.1) is 0 Å². The minimum Gasteiger partial charge on any atom is -0.356 e. The third-order valence-corrected chi connectivity index (χ3v) is 6.62. The molecule has 2 aliphatic heterocycles. The van der Waals surface area contributed by atoms with Crippen LogP contribution in [0.3, 0.4) is 0 Å². The molecule has 0 radical (unpaired) electrons. The van der Waals surface area contributed by atoms with E-state index < -0.39 is 6.04 Å². The van der Waals surface area contributed by atoms with Crippen molar-refractivity contribution in [1.82, 2.24) is 14.8 Å². The van der Waals surface area contributed by atoms with Gasteiger partial charge in [-0.15, -0.1) is 0 Å². The van der Waals surface area contributed by atoms with E-state index in [9.17, 15) is 9.59 Å². The van der Waals surface area contributed by atoms with E-state index >= 15 is 0 Å². The fraction of sp³-hybridized carbons (Fsp3) is 0.360. The van der Waals surface area contributed by atoms with Crippen molar-refractivity contribution in [2.45, 2.75) is 51.7 Å². The van der Waals surface area contributed by atoms with Crippen molar-refractivity contribution in [2.24, 2.45) is 0 Å². The van der Waals surface area contributed by atoms with Gasteiger partial charge in [-0.05, 0) is 43.0 Å². The number of aromatic amines is 1. The zero-order valence-electron chi connectivity index (χ0n) is 17.7. The van der Waals surface area contributed by atoms with E-state index in [0.717, 1.165) is 34.1 Å². The van der Waals surface area contributed by atoms with Crippen LogP contribution in [0.5, 0.6) is 0 Å². The summed E-state index contributed by atoms with van der Waals surface area (Å²) in [6.45, 7) is 6.23. The van der Waals surface area contributed by atoms with E-state index in [1.54, 1.807) is 4.90 Å². The summed E-state index contributed by atoms with van der Waals surface area (Å²) >= 11 is 0. The second-order valence-corrected chi connectivity index (χ2v) is 8.64. The van der Waals surface area contributed by atoms with Crippen LogP contribution < -0.4 is 0 Å². The summed E-state index contributed by atoms with van der Waals surface area (Å²) in [5.74, 6) is 0.0675. The number of carbonyl (C=O) groups is 2. The Labute approximate surface area is 176 Å². The molecule has 3 aromatic rings. The van der Waals surface area contributed by atoms with Crippen LogP contribution in [0.25, 0.3) is 10.9 Å². The molecule has 5 heteroatoms. The largest absolute Gasteiger partial charge is 0.356 e. The third-order valence-electron chi connectivity index (χ3n) is 6.62. The first kappa shape index (κ1) is 18.9. The van der Waals surface area contributed by atoms with Crippen LogP contribution in [0.1, 0.15) is 49.2 Å². The predicted molar refractivity (Wildman–Crippen MR) is 117 cm³/mol. The molecule has 154 valence electrons. The second kappa shape index (κ2) is 7.01. The number of amides is 2. The number of carbonyl (C=O) groups excluding carboxylic acids is 2. The van der Waals surface area contributed by atoms with E-state index in [4.69, 9.17) is 0 Å². The Bertz CT molecular complexity index is 1130. The monoisotopic (exact) mass is 401 g/mol. The fourth-order valence-electron chi connectivity index (χ4n) is 5.01. The Balaban J connectivity index is 1.70. The number of nitrogens with zero attached hydrogens (tertiary/aromatic N) is 2. The summed E-state index contributed by atoms with van der Waals surface area (Å²) in [5.41, 5.74) is 5.55. The van der Waals surface area contributed by atoms with Crippen molar-refractivity contribution < 1.29 is 9.59 Å². The van der Waals surface area contributed by atoms with Crippen LogP contribution in [0.4, 0.5) is 0 Å². The molecule has 30 heavy (non-hydrogen) atoms. The highest BCUT2D eigenvalue weighted by atomic mass is 16.2. The standard InChI is InChI=1S/C25H27N3O2/c1-4-16-9-11-17(12-10-16)24-23-19(18-7-5-6-8-20(18)26-23)13-21-25(30)27(15(2)3)14-22(29)28(21)24/h5-12,15,21,24,26H,4,13-14H2,1-3H3. The normalized spacial score (nSPS) is 21.3. The lowest BCUT2D eigenvalue weighted by molar-refractivity contribution is -0.160. The summed E-state index contributed by atoms with van der Waals surface area (Å²) in [5, 5.41) is 1.14. The average molecular weight is 402 g/mol. The molecule has 2 amide bonds. The maximum absolute atomic E-state index is 13.4. The lowest BCUT2D eigenvalue weighted by atomic mass is 9.85. The Kier molecular flexibility index (Phi) is 4.42. The molecule has 5 rings (SSSR count). The number of hydrogen-bond donors (Lipinski definition) is 1. The van der Waals surface area contributed by atoms with Crippen LogP contribution >= 0.6 is 0 Å². The molecule has 3 heterocycles. The first-order valence-electron chi connectivity index (χ1n) is 10.8. The summed E-state index contributed by atoms with van der Waals surface area (Å²) < 4.78 is 0. The molecule has 0 spiro atoms. The lowest BCUT2D eigenvalue weighted by Crippen LogP contribution is -2.64. The van der Waals surface area contributed by atoms with Gasteiger partial charge in [-0.25, -0.2) is 0 Å². The van der Waals surface area contributed by atoms with Gasteiger partial charge in [-0.3, -0.25) is 9.59 Å². The van der Waals surface area contributed by atoms with Crippen molar-refractivity contribution in [2.75, 3.05) is 6.54 Å². The molecule has 1 N–H and O–H groups in total. The van der Waals surface area contributed by atoms with Gasteiger partial charge >= 0.3 is 0 Å². The van der Waals surface area contributed by atoms with E-state index in [-0.39, 0.29) is 30.4 Å². The van der Waals surface area contributed by atoms with E-state index in [2.05, 4.69) is 48.3 Å². The van der Waals surface area contributed by atoms with Gasteiger partial charge in [0.1, 0.15) is 12.6 Å². The van der Waals surface area contributed by atoms with Crippen molar-refractivity contribution in [3.05, 3.63) is 70.9 Å². The van der Waals surface area contributed by atoms with Crippen LogP contribution in [0.15, 0.2) is 48.5 Å². The summed E-state index contributed by atoms with van der Waals surface area (Å²) in [4.78, 5) is 33.9. The van der Waals surface area contributed by atoms with Gasteiger partial charge in [-0.2, -0.15) is 0 Å². The Morgan fingerprint density at radius 2 is 1.80 bits per heavy atom. The van der Waals surface area contributed by atoms with Crippen molar-refractivity contribution >= 4 is 22.7 Å². The van der Waals surface area contributed by atoms with E-state index in [0.29, 0.717) is 6.42 Å². The van der Waals surface area contributed by atoms with E-state index in [1.165, 1.54) is 5.56 Å². The predicted octanol–water partition coefficient (Wildman–Crippen LogP) is 3.82. The molecular weight excluding hydrogens is 374 g/mol. The number of hydrogen-bond acceptors (Lipinski definition) is 2. The van der Waals surface area contributed by atoms with Crippen LogP contribution in [0.2, 0.25) is 0 Å². The quantitative estimate of drug-likeness (QED) is 0.725. The first-order chi connectivity index (χ1) is 14.5. The Hall–Kier alpha value is -3.08. The maximum Gasteiger partial charge on any atom is 0.246 e. The smallest absolute Gasteiger partial charge is 0.246 e. The maximum atomic E-state index is 13.4. The fourth-order valence-corrected chi connectivity index (χ4v) is 5.01. The van der Waals surface area contributed by atoms with Crippen LogP contribution in [-0.4, -0.2) is 45.2 Å². The van der Waals surface area contributed by atoms with Crippen LogP contribution in [-0.2, 0) is 22.4 Å². The Morgan fingerprint density at radius 1 is 1.07 bits per heavy atom. The van der Waals surface area contributed by atoms with Gasteiger partial charge in [0.05, 0.1) is 6.04 Å². The number of piperazine rings is 1. The topological polar surface area (TPSA) is 56.4 Å². The molecule has 5 nitrogen and oxygen atoms in total. The van der Waals surface area contributed by atoms with Gasteiger partial charge < -0.3 is 14.8 Å². The molecule has 1 saturated heterocycles. The van der Waals surface area contributed by atoms with E-state index in [1.807, 2.05) is 30.9 Å². The molecule has 2 atom stereocenters. The minimum absolute atomic E-state index is 0.00949. The molecular formula is C25H27N3O2. The number of fused-ring (bicyclic) bond motifs is 4. The van der Waals surface area contributed by atoms with Gasteiger partial charge in [0.15, 0.2) is 0 Å². The SMILES string of the molecule is CCc1ccc(C2c3[nH]c4ccccc4c3CC3C(=O)N(C(C)C)CC(=O)N32)cc1. The number of benzene rings is 2. The lowest BCUT2D eigenvalue weighted by Gasteiger charge is -2.48. The number of H-pyrrole nitrogens is 1. The molecule has 1 fully saturated rings. The average Bonchev–Trinajstić information content (AvgIpc) is 3.13. The molecule has 0 bridgehead atoms. The molecule has 2 unspecified atom stereocenters. The summed E-state index contributed by atoms with van der Waals surface area (Å²) in [6, 6.07) is 15.9. The van der Waals surface area contributed by atoms with Gasteiger partial charge in [0, 0.05) is 29.1 Å². The zero-order valence-corrected chi connectivity index (χ0v) is 17.7.